The zero-order valence-electron chi connectivity index (χ0n) is 12.0. The van der Waals surface area contributed by atoms with Crippen molar-refractivity contribution in [3.05, 3.63) is 35.9 Å². The van der Waals surface area contributed by atoms with Gasteiger partial charge >= 0.3 is 0 Å². The van der Waals surface area contributed by atoms with Gasteiger partial charge in [0, 0.05) is 26.2 Å². The number of rotatable bonds is 4. The summed E-state index contributed by atoms with van der Waals surface area (Å²) < 4.78 is 10.7. The number of nitrogens with zero attached hydrogens (tertiary/aromatic N) is 4. The predicted octanol–water partition coefficient (Wildman–Crippen LogP) is 1.85. The van der Waals surface area contributed by atoms with Crippen LogP contribution in [0.1, 0.15) is 30.4 Å². The molecule has 1 aliphatic rings. The van der Waals surface area contributed by atoms with Crippen molar-refractivity contribution in [2.45, 2.75) is 26.4 Å². The molecule has 1 atom stereocenters. The molecule has 6 nitrogen and oxygen atoms in total. The highest BCUT2D eigenvalue weighted by Gasteiger charge is 2.25. The topological polar surface area (TPSA) is 58.5 Å². The van der Waals surface area contributed by atoms with Crippen molar-refractivity contribution in [1.82, 2.24) is 19.9 Å². The molecule has 0 bridgehead atoms. The van der Waals surface area contributed by atoms with Gasteiger partial charge in [-0.1, -0.05) is 5.16 Å². The predicted molar refractivity (Wildman–Crippen MR) is 73.0 cm³/mol. The lowest BCUT2D eigenvalue weighted by atomic mass is 10.2. The lowest BCUT2D eigenvalue weighted by Crippen LogP contribution is -2.46. The van der Waals surface area contributed by atoms with Gasteiger partial charge in [0.15, 0.2) is 5.82 Å². The van der Waals surface area contributed by atoms with Crippen LogP contribution in [0.4, 0.5) is 0 Å². The molecule has 0 aromatic carbocycles. The molecule has 3 rings (SSSR count). The molecule has 0 aliphatic carbocycles. The zero-order valence-corrected chi connectivity index (χ0v) is 12.0. The summed E-state index contributed by atoms with van der Waals surface area (Å²) in [5, 5.41) is 3.86. The summed E-state index contributed by atoms with van der Waals surface area (Å²) >= 11 is 0. The third-order valence-electron chi connectivity index (χ3n) is 3.81. The molecule has 108 valence electrons. The number of hydrogen-bond donors (Lipinski definition) is 0. The molecule has 0 spiro atoms. The summed E-state index contributed by atoms with van der Waals surface area (Å²) in [6, 6.07) is 4.14. The van der Waals surface area contributed by atoms with E-state index in [1.807, 2.05) is 19.1 Å². The Balaban J connectivity index is 1.53. The molecule has 0 saturated carbocycles. The Bertz CT molecular complexity index is 529. The van der Waals surface area contributed by atoms with E-state index in [0.717, 1.165) is 38.5 Å². The van der Waals surface area contributed by atoms with Gasteiger partial charge in [-0.05, 0) is 26.0 Å². The number of aromatic nitrogens is 2. The average Bonchev–Trinajstić information content (AvgIpc) is 3.10. The summed E-state index contributed by atoms with van der Waals surface area (Å²) in [5.41, 5.74) is 0. The van der Waals surface area contributed by atoms with Gasteiger partial charge in [0.1, 0.15) is 5.76 Å². The van der Waals surface area contributed by atoms with Crippen molar-refractivity contribution in [1.29, 1.82) is 0 Å². The molecule has 1 saturated heterocycles. The van der Waals surface area contributed by atoms with Gasteiger partial charge in [0.2, 0.25) is 5.89 Å². The fourth-order valence-electron chi connectivity index (χ4n) is 2.57. The second-order valence-electron chi connectivity index (χ2n) is 5.25. The van der Waals surface area contributed by atoms with Crippen LogP contribution in [0.5, 0.6) is 0 Å². The minimum absolute atomic E-state index is 0.182. The molecular weight excluding hydrogens is 256 g/mol. The van der Waals surface area contributed by atoms with E-state index in [0.29, 0.717) is 11.7 Å². The Morgan fingerprint density at radius 2 is 2.10 bits per heavy atom. The van der Waals surface area contributed by atoms with E-state index in [-0.39, 0.29) is 6.04 Å². The number of hydrogen-bond acceptors (Lipinski definition) is 6. The maximum atomic E-state index is 5.39. The first kappa shape index (κ1) is 13.3. The minimum Gasteiger partial charge on any atom is -0.468 e. The summed E-state index contributed by atoms with van der Waals surface area (Å²) in [6.45, 7) is 8.91. The molecule has 1 fully saturated rings. The minimum atomic E-state index is 0.182. The van der Waals surface area contributed by atoms with Crippen molar-refractivity contribution in [3.63, 3.8) is 0 Å². The third kappa shape index (κ3) is 2.91. The highest BCUT2D eigenvalue weighted by atomic mass is 16.5. The molecule has 3 heterocycles. The Hall–Kier alpha value is -1.66. The van der Waals surface area contributed by atoms with Crippen LogP contribution in [0.3, 0.4) is 0 Å². The Morgan fingerprint density at radius 3 is 2.70 bits per heavy atom. The molecule has 1 aliphatic heterocycles. The van der Waals surface area contributed by atoms with Crippen LogP contribution < -0.4 is 0 Å². The molecule has 20 heavy (non-hydrogen) atoms. The number of aryl methyl sites for hydroxylation is 1. The van der Waals surface area contributed by atoms with Crippen LogP contribution in [0, 0.1) is 6.92 Å². The Kier molecular flexibility index (Phi) is 3.84. The van der Waals surface area contributed by atoms with Crippen LogP contribution in [-0.2, 0) is 6.54 Å². The fourth-order valence-corrected chi connectivity index (χ4v) is 2.57. The van der Waals surface area contributed by atoms with Crippen molar-refractivity contribution in [2.75, 3.05) is 26.2 Å². The first-order valence-electron chi connectivity index (χ1n) is 7.01. The molecule has 0 amide bonds. The number of furan rings is 1. The van der Waals surface area contributed by atoms with E-state index in [9.17, 15) is 0 Å². The second kappa shape index (κ2) is 5.76. The van der Waals surface area contributed by atoms with E-state index in [1.54, 1.807) is 6.26 Å². The molecule has 6 heteroatoms. The lowest BCUT2D eigenvalue weighted by Gasteiger charge is -2.36. The van der Waals surface area contributed by atoms with Gasteiger partial charge in [0.25, 0.3) is 0 Å². The van der Waals surface area contributed by atoms with E-state index in [2.05, 4.69) is 26.9 Å². The summed E-state index contributed by atoms with van der Waals surface area (Å²) in [5.74, 6) is 2.43. The van der Waals surface area contributed by atoms with Crippen molar-refractivity contribution < 1.29 is 8.94 Å². The fraction of sp³-hybridized carbons (Fsp3) is 0.571. The van der Waals surface area contributed by atoms with Gasteiger partial charge < -0.3 is 8.94 Å². The van der Waals surface area contributed by atoms with Crippen LogP contribution >= 0.6 is 0 Å². The maximum absolute atomic E-state index is 5.39. The average molecular weight is 276 g/mol. The Morgan fingerprint density at radius 1 is 1.30 bits per heavy atom. The van der Waals surface area contributed by atoms with E-state index >= 15 is 0 Å². The summed E-state index contributed by atoms with van der Waals surface area (Å²) in [4.78, 5) is 9.10. The monoisotopic (exact) mass is 276 g/mol. The maximum Gasteiger partial charge on any atom is 0.243 e. The summed E-state index contributed by atoms with van der Waals surface area (Å²) in [6.07, 6.45) is 1.73. The van der Waals surface area contributed by atoms with Crippen LogP contribution in [0.25, 0.3) is 0 Å². The molecule has 0 unspecified atom stereocenters. The smallest absolute Gasteiger partial charge is 0.243 e. The Labute approximate surface area is 118 Å². The highest BCUT2D eigenvalue weighted by molar-refractivity contribution is 4.98. The molecule has 0 radical (unpaired) electrons. The van der Waals surface area contributed by atoms with Crippen LogP contribution in [-0.4, -0.2) is 46.1 Å². The van der Waals surface area contributed by atoms with Crippen LogP contribution in [0.15, 0.2) is 27.3 Å². The highest BCUT2D eigenvalue weighted by Crippen LogP contribution is 2.20. The van der Waals surface area contributed by atoms with Crippen LogP contribution in [0.2, 0.25) is 0 Å². The largest absolute Gasteiger partial charge is 0.468 e. The van der Waals surface area contributed by atoms with E-state index in [4.69, 9.17) is 8.94 Å². The van der Waals surface area contributed by atoms with E-state index in [1.165, 1.54) is 0 Å². The normalized spacial score (nSPS) is 19.3. The number of piperazine rings is 1. The van der Waals surface area contributed by atoms with E-state index < -0.39 is 0 Å². The SMILES string of the molecule is Cc1noc([C@H](C)N2CCN(Cc3ccco3)CC2)n1. The molecule has 2 aromatic heterocycles. The first-order chi connectivity index (χ1) is 9.72. The van der Waals surface area contributed by atoms with Crippen molar-refractivity contribution >= 4 is 0 Å². The van der Waals surface area contributed by atoms with Gasteiger partial charge in [-0.15, -0.1) is 0 Å². The van der Waals surface area contributed by atoms with Gasteiger partial charge in [-0.2, -0.15) is 4.98 Å². The molecule has 0 N–H and O–H groups in total. The molecule has 2 aromatic rings. The standard InChI is InChI=1S/C14H20N4O2/c1-11(14-15-12(2)16-20-14)18-7-5-17(6-8-18)10-13-4-3-9-19-13/h3-4,9,11H,5-8,10H2,1-2H3/t11-/m0/s1. The third-order valence-corrected chi connectivity index (χ3v) is 3.81. The molecular formula is C14H20N4O2. The van der Waals surface area contributed by atoms with Gasteiger partial charge in [0.05, 0.1) is 18.8 Å². The van der Waals surface area contributed by atoms with Crippen molar-refractivity contribution in [3.8, 4) is 0 Å². The summed E-state index contributed by atoms with van der Waals surface area (Å²) in [7, 11) is 0. The quantitative estimate of drug-likeness (QED) is 0.849. The lowest BCUT2D eigenvalue weighted by molar-refractivity contribution is 0.0808. The van der Waals surface area contributed by atoms with Crippen molar-refractivity contribution in [2.24, 2.45) is 0 Å². The van der Waals surface area contributed by atoms with Gasteiger partial charge in [-0.3, -0.25) is 9.80 Å². The second-order valence-corrected chi connectivity index (χ2v) is 5.25. The first-order valence-corrected chi connectivity index (χ1v) is 7.01. The van der Waals surface area contributed by atoms with Gasteiger partial charge in [-0.25, -0.2) is 0 Å². The zero-order chi connectivity index (χ0) is 13.9.